The van der Waals surface area contributed by atoms with E-state index in [2.05, 4.69) is 47.0 Å². The normalized spacial score (nSPS) is 10.5. The van der Waals surface area contributed by atoms with Crippen LogP contribution >= 0.6 is 12.2 Å². The third-order valence-electron chi connectivity index (χ3n) is 3.46. The molecule has 0 radical (unpaired) electrons. The van der Waals surface area contributed by atoms with E-state index < -0.39 is 0 Å². The van der Waals surface area contributed by atoms with Gasteiger partial charge in [0.05, 0.1) is 7.11 Å². The number of methoxy groups -OCH3 is 1. The molecule has 132 valence electrons. The lowest BCUT2D eigenvalue weighted by atomic mass is 10.2. The third-order valence-corrected chi connectivity index (χ3v) is 3.71. The van der Waals surface area contributed by atoms with Crippen LogP contribution in [0.3, 0.4) is 0 Å². The lowest BCUT2D eigenvalue weighted by Crippen LogP contribution is -2.82. The summed E-state index contributed by atoms with van der Waals surface area (Å²) in [7, 11) is 1.63. The molecule has 6 heteroatoms. The zero-order valence-electron chi connectivity index (χ0n) is 14.8. The second kappa shape index (κ2) is 9.64. The molecule has 0 heterocycles. The second-order valence-electron chi connectivity index (χ2n) is 5.46. The van der Waals surface area contributed by atoms with Gasteiger partial charge in [-0.05, 0) is 49.8 Å². The minimum atomic E-state index is 0.496. The van der Waals surface area contributed by atoms with Crippen LogP contribution in [0.15, 0.2) is 42.5 Å². The number of hydrazone groups is 1. The van der Waals surface area contributed by atoms with E-state index >= 15 is 0 Å². The maximum absolute atomic E-state index is 5.88. The fourth-order valence-corrected chi connectivity index (χ4v) is 2.33. The molecule has 0 spiro atoms. The van der Waals surface area contributed by atoms with Crippen LogP contribution in [-0.2, 0) is 6.61 Å². The molecule has 0 saturated carbocycles. The van der Waals surface area contributed by atoms with Crippen molar-refractivity contribution < 1.29 is 14.6 Å². The van der Waals surface area contributed by atoms with Gasteiger partial charge in [0.1, 0.15) is 6.61 Å². The van der Waals surface area contributed by atoms with Gasteiger partial charge in [-0.15, -0.1) is 10.5 Å². The van der Waals surface area contributed by atoms with Gasteiger partial charge in [-0.3, -0.25) is 0 Å². The summed E-state index contributed by atoms with van der Waals surface area (Å²) in [6.45, 7) is 5.32. The van der Waals surface area contributed by atoms with Crippen LogP contribution in [0.1, 0.15) is 23.6 Å². The number of nitrogens with one attached hydrogen (secondary N) is 3. The first kappa shape index (κ1) is 18.7. The molecule has 0 aliphatic carbocycles. The topological polar surface area (TPSA) is 56.5 Å². The Kier molecular flexibility index (Phi) is 7.22. The summed E-state index contributed by atoms with van der Waals surface area (Å²) >= 11 is 5.08. The monoisotopic (exact) mass is 358 g/mol. The van der Waals surface area contributed by atoms with E-state index in [4.69, 9.17) is 21.7 Å². The van der Waals surface area contributed by atoms with Gasteiger partial charge in [0.25, 0.3) is 0 Å². The van der Waals surface area contributed by atoms with Crippen LogP contribution in [0.5, 0.6) is 11.5 Å². The predicted octanol–water partition coefficient (Wildman–Crippen LogP) is 1.48. The first-order chi connectivity index (χ1) is 12.1. The van der Waals surface area contributed by atoms with Crippen LogP contribution < -0.4 is 25.3 Å². The van der Waals surface area contributed by atoms with Crippen molar-refractivity contribution in [2.24, 2.45) is 0 Å². The SMILES string of the molecule is CCNC(=S)N[NH+]=Cc1ccc(OCc2ccc(C)cc2)c(OC)c1. The maximum atomic E-state index is 5.88. The van der Waals surface area contributed by atoms with Crippen molar-refractivity contribution in [1.82, 2.24) is 10.7 Å². The van der Waals surface area contributed by atoms with Crippen LogP contribution in [0.25, 0.3) is 0 Å². The molecular formula is C19H24N3O2S+. The van der Waals surface area contributed by atoms with Gasteiger partial charge in [0.15, 0.2) is 17.7 Å². The number of hydrazine groups is 1. The summed E-state index contributed by atoms with van der Waals surface area (Å²) in [5.41, 5.74) is 6.16. The van der Waals surface area contributed by atoms with Gasteiger partial charge in [-0.1, -0.05) is 29.8 Å². The van der Waals surface area contributed by atoms with E-state index in [1.807, 2.05) is 25.1 Å². The number of rotatable bonds is 7. The first-order valence-corrected chi connectivity index (χ1v) is 8.52. The van der Waals surface area contributed by atoms with Gasteiger partial charge < -0.3 is 14.8 Å². The number of hydrogen-bond acceptors (Lipinski definition) is 3. The molecule has 0 unspecified atom stereocenters. The lowest BCUT2D eigenvalue weighted by molar-refractivity contribution is -0.500. The van der Waals surface area contributed by atoms with Crippen LogP contribution in [0.2, 0.25) is 0 Å². The Labute approximate surface area is 154 Å². The molecule has 25 heavy (non-hydrogen) atoms. The molecule has 0 aliphatic heterocycles. The Bertz CT molecular complexity index is 730. The van der Waals surface area contributed by atoms with Crippen LogP contribution in [-0.4, -0.2) is 25.0 Å². The summed E-state index contributed by atoms with van der Waals surface area (Å²) in [5.74, 6) is 1.38. The average molecular weight is 358 g/mol. The van der Waals surface area contributed by atoms with E-state index in [0.717, 1.165) is 17.7 Å². The number of aryl methyl sites for hydroxylation is 1. The highest BCUT2D eigenvalue weighted by molar-refractivity contribution is 7.80. The molecular weight excluding hydrogens is 334 g/mol. The Balaban J connectivity index is 1.99. The van der Waals surface area contributed by atoms with Gasteiger partial charge in [-0.25, -0.2) is 0 Å². The Morgan fingerprint density at radius 1 is 1.16 bits per heavy atom. The standard InChI is InChI=1S/C19H23N3O2S/c1-4-20-19(25)22-21-12-16-9-10-17(18(11-16)23-3)24-13-15-7-5-14(2)6-8-15/h5-12H,4,13H2,1-3H3,(H2,20,22,25)/p+1. The quantitative estimate of drug-likeness (QED) is 0.398. The highest BCUT2D eigenvalue weighted by Gasteiger charge is 2.07. The fourth-order valence-electron chi connectivity index (χ4n) is 2.13. The van der Waals surface area contributed by atoms with Crippen LogP contribution in [0, 0.1) is 6.92 Å². The van der Waals surface area contributed by atoms with E-state index in [0.29, 0.717) is 23.2 Å². The molecule has 2 rings (SSSR count). The van der Waals surface area contributed by atoms with Crippen molar-refractivity contribution in [3.05, 3.63) is 59.2 Å². The lowest BCUT2D eigenvalue weighted by Gasteiger charge is -2.11. The zero-order valence-corrected chi connectivity index (χ0v) is 15.6. The van der Waals surface area contributed by atoms with E-state index in [1.54, 1.807) is 13.3 Å². The van der Waals surface area contributed by atoms with Crippen molar-refractivity contribution in [1.29, 1.82) is 0 Å². The third kappa shape index (κ3) is 6.08. The number of benzene rings is 2. The highest BCUT2D eigenvalue weighted by Crippen LogP contribution is 2.28. The van der Waals surface area contributed by atoms with Gasteiger partial charge in [0.2, 0.25) is 5.11 Å². The Hall–Kier alpha value is -2.60. The predicted molar refractivity (Wildman–Crippen MR) is 104 cm³/mol. The molecule has 3 N–H and O–H groups in total. The van der Waals surface area contributed by atoms with Gasteiger partial charge in [0, 0.05) is 12.1 Å². The van der Waals surface area contributed by atoms with E-state index in [-0.39, 0.29) is 0 Å². The Morgan fingerprint density at radius 2 is 1.92 bits per heavy atom. The largest absolute Gasteiger partial charge is 0.493 e. The molecule has 2 aromatic rings. The van der Waals surface area contributed by atoms with Gasteiger partial charge in [-0.2, -0.15) is 0 Å². The van der Waals surface area contributed by atoms with Crippen molar-refractivity contribution >= 4 is 23.5 Å². The fraction of sp³-hybridized carbons (Fsp3) is 0.263. The number of thiocarbonyl (C=S) groups is 1. The molecule has 5 nitrogen and oxygen atoms in total. The van der Waals surface area contributed by atoms with Crippen LogP contribution in [0.4, 0.5) is 0 Å². The minimum absolute atomic E-state index is 0.496. The summed E-state index contributed by atoms with van der Waals surface area (Å²) in [6, 6.07) is 14.0. The molecule has 0 fully saturated rings. The molecule has 0 bridgehead atoms. The molecule has 2 aromatic carbocycles. The smallest absolute Gasteiger partial charge is 0.223 e. The van der Waals surface area contributed by atoms with Crippen molar-refractivity contribution in [2.75, 3.05) is 13.7 Å². The highest BCUT2D eigenvalue weighted by atomic mass is 32.1. The number of ether oxygens (including phenoxy) is 2. The van der Waals surface area contributed by atoms with E-state index in [9.17, 15) is 0 Å². The molecule has 0 aromatic heterocycles. The minimum Gasteiger partial charge on any atom is -0.493 e. The molecule has 0 aliphatic rings. The zero-order chi connectivity index (χ0) is 18.1. The second-order valence-corrected chi connectivity index (χ2v) is 5.87. The summed E-state index contributed by atoms with van der Waals surface area (Å²) in [4.78, 5) is 0. The molecule has 0 saturated heterocycles. The molecule has 0 amide bonds. The average Bonchev–Trinajstić information content (AvgIpc) is 2.62. The van der Waals surface area contributed by atoms with Crippen molar-refractivity contribution in [3.63, 3.8) is 0 Å². The van der Waals surface area contributed by atoms with Crippen molar-refractivity contribution in [2.45, 2.75) is 20.5 Å². The summed E-state index contributed by atoms with van der Waals surface area (Å²) in [6.07, 6.45) is 1.80. The van der Waals surface area contributed by atoms with Gasteiger partial charge >= 0.3 is 0 Å². The van der Waals surface area contributed by atoms with E-state index in [1.165, 1.54) is 5.56 Å². The Morgan fingerprint density at radius 3 is 2.60 bits per heavy atom. The first-order valence-electron chi connectivity index (χ1n) is 8.11. The molecule has 0 atom stereocenters. The summed E-state index contributed by atoms with van der Waals surface area (Å²) in [5, 5.41) is 6.48. The maximum Gasteiger partial charge on any atom is 0.223 e. The number of hydrogen-bond donors (Lipinski definition) is 3. The van der Waals surface area contributed by atoms with Crippen molar-refractivity contribution in [3.8, 4) is 11.5 Å². The summed E-state index contributed by atoms with van der Waals surface area (Å²) < 4.78 is 11.3.